The van der Waals surface area contributed by atoms with E-state index in [4.69, 9.17) is 11.6 Å². The summed E-state index contributed by atoms with van der Waals surface area (Å²) in [6.45, 7) is 5.86. The number of hydrogen-bond acceptors (Lipinski definition) is 4. The van der Waals surface area contributed by atoms with E-state index in [2.05, 4.69) is 39.0 Å². The minimum atomic E-state index is 0.213. The van der Waals surface area contributed by atoms with E-state index in [0.29, 0.717) is 11.0 Å². The van der Waals surface area contributed by atoms with Gasteiger partial charge in [0.2, 0.25) is 0 Å². The highest BCUT2D eigenvalue weighted by atomic mass is 35.5. The molecule has 17 heavy (non-hydrogen) atoms. The van der Waals surface area contributed by atoms with Gasteiger partial charge in [-0.05, 0) is 43.2 Å². The number of anilines is 1. The van der Waals surface area contributed by atoms with Gasteiger partial charge >= 0.3 is 0 Å². The molecule has 0 saturated carbocycles. The predicted molar refractivity (Wildman–Crippen MR) is 72.9 cm³/mol. The molecule has 0 amide bonds. The van der Waals surface area contributed by atoms with Gasteiger partial charge in [-0.2, -0.15) is 11.3 Å². The predicted octanol–water partition coefficient (Wildman–Crippen LogP) is 3.98. The Morgan fingerprint density at radius 3 is 2.76 bits per heavy atom. The lowest BCUT2D eigenvalue weighted by Gasteiger charge is -2.15. The fourth-order valence-electron chi connectivity index (χ4n) is 1.54. The van der Waals surface area contributed by atoms with Crippen molar-refractivity contribution < 1.29 is 0 Å². The summed E-state index contributed by atoms with van der Waals surface area (Å²) in [5, 5.41) is 8.07. The number of hydrogen-bond donors (Lipinski definition) is 1. The van der Waals surface area contributed by atoms with Crippen molar-refractivity contribution in [3.05, 3.63) is 38.9 Å². The van der Waals surface area contributed by atoms with E-state index in [1.54, 1.807) is 11.3 Å². The maximum absolute atomic E-state index is 6.04. The quantitative estimate of drug-likeness (QED) is 0.855. The van der Waals surface area contributed by atoms with Crippen molar-refractivity contribution in [1.82, 2.24) is 9.97 Å². The van der Waals surface area contributed by atoms with Gasteiger partial charge in [0.15, 0.2) is 0 Å². The third-order valence-corrected chi connectivity index (χ3v) is 3.66. The highest BCUT2D eigenvalue weighted by molar-refractivity contribution is 7.07. The zero-order valence-corrected chi connectivity index (χ0v) is 11.6. The highest BCUT2D eigenvalue weighted by Crippen LogP contribution is 2.25. The molecule has 3 nitrogen and oxygen atoms in total. The van der Waals surface area contributed by atoms with Crippen LogP contribution in [0.25, 0.3) is 0 Å². The third-order valence-electron chi connectivity index (χ3n) is 2.59. The molecule has 2 heterocycles. The topological polar surface area (TPSA) is 37.8 Å². The molecule has 0 radical (unpaired) electrons. The van der Waals surface area contributed by atoms with E-state index in [1.165, 1.54) is 5.56 Å². The summed E-state index contributed by atoms with van der Waals surface area (Å²) in [5.41, 5.74) is 2.14. The fraction of sp³-hybridized carbons (Fsp3) is 0.333. The van der Waals surface area contributed by atoms with Crippen LogP contribution in [0.1, 0.15) is 29.9 Å². The Kier molecular flexibility index (Phi) is 3.64. The van der Waals surface area contributed by atoms with Crippen LogP contribution in [0, 0.1) is 13.8 Å². The molecule has 0 aromatic carbocycles. The molecule has 90 valence electrons. The summed E-state index contributed by atoms with van der Waals surface area (Å²) in [6.07, 6.45) is 0. The Labute approximate surface area is 110 Å². The number of rotatable bonds is 3. The molecule has 0 fully saturated rings. The van der Waals surface area contributed by atoms with E-state index >= 15 is 0 Å². The van der Waals surface area contributed by atoms with E-state index in [-0.39, 0.29) is 6.04 Å². The van der Waals surface area contributed by atoms with Gasteiger partial charge in [-0.3, -0.25) is 0 Å². The van der Waals surface area contributed by atoms with Crippen LogP contribution >= 0.6 is 22.9 Å². The minimum absolute atomic E-state index is 0.213. The Hall–Kier alpha value is -1.13. The van der Waals surface area contributed by atoms with Crippen molar-refractivity contribution in [2.24, 2.45) is 0 Å². The molecular weight excluding hydrogens is 254 g/mol. The number of aryl methyl sites for hydroxylation is 1. The molecule has 1 unspecified atom stereocenters. The van der Waals surface area contributed by atoms with Crippen LogP contribution in [0.4, 0.5) is 5.82 Å². The number of nitrogens with zero attached hydrogens (tertiary/aromatic N) is 2. The van der Waals surface area contributed by atoms with Gasteiger partial charge in [-0.1, -0.05) is 11.6 Å². The standard InChI is InChI=1S/C12H14ClN3S/c1-7-11(13)15-9(3)16-12(7)14-8(2)10-4-5-17-6-10/h4-6,8H,1-3H3,(H,14,15,16). The average Bonchev–Trinajstić information content (AvgIpc) is 2.78. The van der Waals surface area contributed by atoms with Crippen LogP contribution in [0.2, 0.25) is 5.15 Å². The Balaban J connectivity index is 2.24. The van der Waals surface area contributed by atoms with E-state index in [0.717, 1.165) is 11.4 Å². The Bertz CT molecular complexity index is 511. The van der Waals surface area contributed by atoms with Crippen molar-refractivity contribution in [2.75, 3.05) is 5.32 Å². The van der Waals surface area contributed by atoms with Gasteiger partial charge in [-0.15, -0.1) is 0 Å². The molecule has 0 aliphatic carbocycles. The monoisotopic (exact) mass is 267 g/mol. The summed E-state index contributed by atoms with van der Waals surface area (Å²) in [6, 6.07) is 2.32. The molecule has 0 aliphatic rings. The molecule has 0 bridgehead atoms. The zero-order chi connectivity index (χ0) is 12.4. The van der Waals surface area contributed by atoms with Crippen LogP contribution < -0.4 is 5.32 Å². The third kappa shape index (κ3) is 2.76. The number of halogens is 1. The van der Waals surface area contributed by atoms with E-state index in [1.807, 2.05) is 13.8 Å². The molecular formula is C12H14ClN3S. The normalized spacial score (nSPS) is 12.5. The zero-order valence-electron chi connectivity index (χ0n) is 9.99. The number of thiophene rings is 1. The summed E-state index contributed by atoms with van der Waals surface area (Å²) >= 11 is 7.73. The van der Waals surface area contributed by atoms with Gasteiger partial charge in [0, 0.05) is 5.56 Å². The second kappa shape index (κ2) is 5.02. The van der Waals surface area contributed by atoms with E-state index < -0.39 is 0 Å². The molecule has 5 heteroatoms. The molecule has 2 rings (SSSR count). The average molecular weight is 268 g/mol. The molecule has 1 atom stereocenters. The molecule has 1 N–H and O–H groups in total. The van der Waals surface area contributed by atoms with Crippen molar-refractivity contribution >= 4 is 28.8 Å². The maximum atomic E-state index is 6.04. The van der Waals surface area contributed by atoms with Crippen LogP contribution in [0.15, 0.2) is 16.8 Å². The lowest BCUT2D eigenvalue weighted by molar-refractivity contribution is 0.867. The van der Waals surface area contributed by atoms with Gasteiger partial charge in [0.05, 0.1) is 6.04 Å². The van der Waals surface area contributed by atoms with Gasteiger partial charge in [-0.25, -0.2) is 9.97 Å². The van der Waals surface area contributed by atoms with Crippen molar-refractivity contribution in [1.29, 1.82) is 0 Å². The molecule has 2 aromatic rings. The number of aromatic nitrogens is 2. The minimum Gasteiger partial charge on any atom is -0.363 e. The first-order chi connectivity index (χ1) is 8.08. The summed E-state index contributed by atoms with van der Waals surface area (Å²) in [7, 11) is 0. The first-order valence-electron chi connectivity index (χ1n) is 5.37. The van der Waals surface area contributed by atoms with Crippen molar-refractivity contribution in [3.8, 4) is 0 Å². The van der Waals surface area contributed by atoms with Crippen LogP contribution in [0.3, 0.4) is 0 Å². The SMILES string of the molecule is Cc1nc(Cl)c(C)c(NC(C)c2ccsc2)n1. The highest BCUT2D eigenvalue weighted by Gasteiger charge is 2.11. The second-order valence-corrected chi connectivity index (χ2v) is 5.10. The van der Waals surface area contributed by atoms with Crippen molar-refractivity contribution in [2.45, 2.75) is 26.8 Å². The Morgan fingerprint density at radius 2 is 2.12 bits per heavy atom. The van der Waals surface area contributed by atoms with Crippen LogP contribution in [-0.2, 0) is 0 Å². The van der Waals surface area contributed by atoms with Gasteiger partial charge in [0.25, 0.3) is 0 Å². The smallest absolute Gasteiger partial charge is 0.137 e. The molecule has 0 saturated heterocycles. The van der Waals surface area contributed by atoms with Crippen LogP contribution in [-0.4, -0.2) is 9.97 Å². The Morgan fingerprint density at radius 1 is 1.35 bits per heavy atom. The van der Waals surface area contributed by atoms with Gasteiger partial charge < -0.3 is 5.32 Å². The summed E-state index contributed by atoms with van der Waals surface area (Å²) in [5.74, 6) is 1.49. The molecule has 2 aromatic heterocycles. The molecule has 0 spiro atoms. The molecule has 0 aliphatic heterocycles. The number of nitrogens with one attached hydrogen (secondary N) is 1. The lowest BCUT2D eigenvalue weighted by atomic mass is 10.2. The van der Waals surface area contributed by atoms with Crippen LogP contribution in [0.5, 0.6) is 0 Å². The van der Waals surface area contributed by atoms with E-state index in [9.17, 15) is 0 Å². The first-order valence-corrected chi connectivity index (χ1v) is 6.69. The fourth-order valence-corrected chi connectivity index (χ4v) is 2.51. The second-order valence-electron chi connectivity index (χ2n) is 3.96. The largest absolute Gasteiger partial charge is 0.363 e. The summed E-state index contributed by atoms with van der Waals surface area (Å²) < 4.78 is 0. The van der Waals surface area contributed by atoms with Crippen molar-refractivity contribution in [3.63, 3.8) is 0 Å². The first kappa shape index (κ1) is 12.3. The maximum Gasteiger partial charge on any atom is 0.137 e. The summed E-state index contributed by atoms with van der Waals surface area (Å²) in [4.78, 5) is 8.50. The lowest BCUT2D eigenvalue weighted by Crippen LogP contribution is -2.10. The van der Waals surface area contributed by atoms with Gasteiger partial charge in [0.1, 0.15) is 16.8 Å².